The standard InChI is InChI=1S/C21H27N3/c1-13-12-14(2)22-15(3)21(13)24-16(4)23(5)19-10-11-20(24)18-9-7-6-8-17(18)19/h6-9,12,16,19-20H,10-11H2,1-5H3. The molecule has 1 fully saturated rings. The second-order valence-electron chi connectivity index (χ2n) is 7.46. The Hall–Kier alpha value is -1.87. The highest BCUT2D eigenvalue weighted by Crippen LogP contribution is 2.49. The van der Waals surface area contributed by atoms with Gasteiger partial charge in [-0.05, 0) is 70.3 Å². The number of hydrogen-bond acceptors (Lipinski definition) is 3. The number of benzene rings is 1. The minimum Gasteiger partial charge on any atom is -0.347 e. The van der Waals surface area contributed by atoms with Crippen molar-refractivity contribution < 1.29 is 0 Å². The summed E-state index contributed by atoms with van der Waals surface area (Å²) in [5.74, 6) is 0. The molecule has 1 aromatic carbocycles. The Morgan fingerprint density at radius 1 is 1.00 bits per heavy atom. The van der Waals surface area contributed by atoms with E-state index in [-0.39, 0.29) is 0 Å². The Bertz CT molecular complexity index is 759. The highest BCUT2D eigenvalue weighted by Gasteiger charge is 2.42. The van der Waals surface area contributed by atoms with Crippen LogP contribution in [0.4, 0.5) is 5.69 Å². The summed E-state index contributed by atoms with van der Waals surface area (Å²) in [4.78, 5) is 9.95. The number of aromatic nitrogens is 1. The first kappa shape index (κ1) is 15.6. The number of fused-ring (bicyclic) bond motifs is 3. The minimum absolute atomic E-state index is 0.358. The fourth-order valence-corrected chi connectivity index (χ4v) is 4.92. The van der Waals surface area contributed by atoms with E-state index in [4.69, 9.17) is 4.98 Å². The van der Waals surface area contributed by atoms with Gasteiger partial charge in [0.2, 0.25) is 0 Å². The summed E-state index contributed by atoms with van der Waals surface area (Å²) in [5, 5.41) is 0. The third-order valence-electron chi connectivity index (χ3n) is 5.99. The lowest BCUT2D eigenvalue weighted by atomic mass is 9.84. The number of nitrogens with zero attached hydrogens (tertiary/aromatic N) is 3. The third kappa shape index (κ3) is 2.18. The lowest BCUT2D eigenvalue weighted by Gasteiger charge is -2.40. The average Bonchev–Trinajstić information content (AvgIpc) is 2.71. The molecule has 3 atom stereocenters. The number of rotatable bonds is 1. The summed E-state index contributed by atoms with van der Waals surface area (Å²) in [6.07, 6.45) is 2.80. The van der Waals surface area contributed by atoms with E-state index in [1.54, 1.807) is 0 Å². The molecule has 2 aliphatic heterocycles. The Kier molecular flexibility index (Phi) is 3.65. The van der Waals surface area contributed by atoms with Crippen molar-refractivity contribution in [2.75, 3.05) is 11.9 Å². The molecule has 1 aromatic heterocycles. The van der Waals surface area contributed by atoms with Gasteiger partial charge in [0.1, 0.15) is 0 Å². The van der Waals surface area contributed by atoms with Crippen molar-refractivity contribution in [1.29, 1.82) is 0 Å². The van der Waals surface area contributed by atoms with Crippen LogP contribution in [-0.4, -0.2) is 23.1 Å². The molecule has 126 valence electrons. The molecule has 5 rings (SSSR count). The Balaban J connectivity index is 1.93. The molecule has 0 N–H and O–H groups in total. The van der Waals surface area contributed by atoms with Crippen LogP contribution in [0.25, 0.3) is 0 Å². The van der Waals surface area contributed by atoms with Crippen LogP contribution in [0.1, 0.15) is 59.9 Å². The van der Waals surface area contributed by atoms with E-state index in [0.717, 1.165) is 11.4 Å². The van der Waals surface area contributed by atoms with Gasteiger partial charge in [-0.1, -0.05) is 24.3 Å². The van der Waals surface area contributed by atoms with Crippen LogP contribution in [0.15, 0.2) is 30.3 Å². The maximum absolute atomic E-state index is 4.78. The first-order chi connectivity index (χ1) is 11.5. The molecule has 3 nitrogen and oxygen atoms in total. The van der Waals surface area contributed by atoms with Crippen molar-refractivity contribution >= 4 is 5.69 Å². The number of anilines is 1. The van der Waals surface area contributed by atoms with Crippen LogP contribution in [0, 0.1) is 20.8 Å². The molecule has 24 heavy (non-hydrogen) atoms. The zero-order valence-corrected chi connectivity index (χ0v) is 15.4. The topological polar surface area (TPSA) is 19.4 Å². The average molecular weight is 321 g/mol. The van der Waals surface area contributed by atoms with E-state index >= 15 is 0 Å². The molecule has 1 aliphatic carbocycles. The summed E-state index contributed by atoms with van der Waals surface area (Å²) < 4.78 is 0. The lowest BCUT2D eigenvalue weighted by molar-refractivity contribution is 0.191. The molecular weight excluding hydrogens is 294 g/mol. The monoisotopic (exact) mass is 321 g/mol. The van der Waals surface area contributed by atoms with Crippen LogP contribution < -0.4 is 4.90 Å². The first-order valence-electron chi connectivity index (χ1n) is 9.03. The first-order valence-corrected chi connectivity index (χ1v) is 9.03. The number of hydrogen-bond donors (Lipinski definition) is 0. The number of pyridine rings is 1. The molecule has 0 amide bonds. The molecule has 2 aromatic rings. The summed E-state index contributed by atoms with van der Waals surface area (Å²) in [6, 6.07) is 12.2. The van der Waals surface area contributed by atoms with Gasteiger partial charge in [0.15, 0.2) is 0 Å². The molecular formula is C21H27N3. The van der Waals surface area contributed by atoms with Crippen molar-refractivity contribution in [3.8, 4) is 0 Å². The second-order valence-corrected chi connectivity index (χ2v) is 7.46. The summed E-state index contributed by atoms with van der Waals surface area (Å²) in [6.45, 7) is 8.82. The van der Waals surface area contributed by atoms with Crippen molar-refractivity contribution in [2.24, 2.45) is 0 Å². The highest BCUT2D eigenvalue weighted by atomic mass is 15.4. The van der Waals surface area contributed by atoms with Gasteiger partial charge in [-0.15, -0.1) is 0 Å². The second kappa shape index (κ2) is 5.59. The zero-order chi connectivity index (χ0) is 17.0. The van der Waals surface area contributed by atoms with Crippen LogP contribution >= 0.6 is 0 Å². The fourth-order valence-electron chi connectivity index (χ4n) is 4.92. The van der Waals surface area contributed by atoms with Crippen LogP contribution in [0.5, 0.6) is 0 Å². The fraction of sp³-hybridized carbons (Fsp3) is 0.476. The largest absolute Gasteiger partial charge is 0.347 e. The SMILES string of the molecule is Cc1cc(C)c(N2C3CCC(c4ccccc43)N(C)C2C)c(C)n1. The van der Waals surface area contributed by atoms with Crippen LogP contribution in [0.3, 0.4) is 0 Å². The molecule has 3 heterocycles. The normalized spacial score (nSPS) is 26.4. The molecule has 3 heteroatoms. The van der Waals surface area contributed by atoms with Gasteiger partial charge in [0, 0.05) is 11.7 Å². The zero-order valence-electron chi connectivity index (χ0n) is 15.4. The molecule has 3 unspecified atom stereocenters. The highest BCUT2D eigenvalue weighted by molar-refractivity contribution is 5.60. The van der Waals surface area contributed by atoms with E-state index in [0.29, 0.717) is 18.2 Å². The molecule has 1 saturated heterocycles. The lowest BCUT2D eigenvalue weighted by Crippen LogP contribution is -2.44. The molecule has 3 aliphatic rings. The van der Waals surface area contributed by atoms with Crippen LogP contribution in [-0.2, 0) is 0 Å². The molecule has 0 saturated carbocycles. The number of aryl methyl sites for hydroxylation is 3. The maximum atomic E-state index is 4.78. The van der Waals surface area contributed by atoms with Crippen molar-refractivity contribution in [3.05, 3.63) is 58.4 Å². The van der Waals surface area contributed by atoms with E-state index in [9.17, 15) is 0 Å². The van der Waals surface area contributed by atoms with E-state index in [1.807, 2.05) is 0 Å². The Labute approximate surface area is 145 Å². The van der Waals surface area contributed by atoms with Gasteiger partial charge in [-0.3, -0.25) is 9.88 Å². The van der Waals surface area contributed by atoms with Gasteiger partial charge in [0.25, 0.3) is 0 Å². The summed E-state index contributed by atoms with van der Waals surface area (Å²) in [7, 11) is 2.28. The summed E-state index contributed by atoms with van der Waals surface area (Å²) in [5.41, 5.74) is 7.93. The van der Waals surface area contributed by atoms with E-state index in [1.165, 1.54) is 35.2 Å². The van der Waals surface area contributed by atoms with Gasteiger partial charge in [-0.2, -0.15) is 0 Å². The maximum Gasteiger partial charge on any atom is 0.0801 e. The van der Waals surface area contributed by atoms with Gasteiger partial charge >= 0.3 is 0 Å². The third-order valence-corrected chi connectivity index (χ3v) is 5.99. The molecule has 0 radical (unpaired) electrons. The smallest absolute Gasteiger partial charge is 0.0801 e. The van der Waals surface area contributed by atoms with Gasteiger partial charge in [0.05, 0.1) is 23.6 Å². The molecule has 2 bridgehead atoms. The predicted octanol–water partition coefficient (Wildman–Crippen LogP) is 4.68. The predicted molar refractivity (Wildman–Crippen MR) is 99.3 cm³/mol. The minimum atomic E-state index is 0.358. The summed E-state index contributed by atoms with van der Waals surface area (Å²) >= 11 is 0. The Morgan fingerprint density at radius 3 is 2.29 bits per heavy atom. The van der Waals surface area contributed by atoms with Crippen molar-refractivity contribution in [1.82, 2.24) is 9.88 Å². The van der Waals surface area contributed by atoms with Crippen LogP contribution in [0.2, 0.25) is 0 Å². The van der Waals surface area contributed by atoms with E-state index in [2.05, 4.69) is 74.9 Å². The van der Waals surface area contributed by atoms with Crippen molar-refractivity contribution in [3.63, 3.8) is 0 Å². The van der Waals surface area contributed by atoms with Gasteiger partial charge in [-0.25, -0.2) is 0 Å². The molecule has 0 spiro atoms. The van der Waals surface area contributed by atoms with E-state index < -0.39 is 0 Å². The quantitative estimate of drug-likeness (QED) is 0.760. The Morgan fingerprint density at radius 2 is 1.62 bits per heavy atom. The van der Waals surface area contributed by atoms with Crippen molar-refractivity contribution in [2.45, 2.75) is 58.8 Å². The van der Waals surface area contributed by atoms with Gasteiger partial charge < -0.3 is 4.90 Å².